The van der Waals surface area contributed by atoms with Gasteiger partial charge in [-0.05, 0) is 26.2 Å². The molecule has 3 nitrogen and oxygen atoms in total. The van der Waals surface area contributed by atoms with Crippen molar-refractivity contribution >= 4 is 0 Å². The van der Waals surface area contributed by atoms with Crippen LogP contribution < -0.4 is 5.73 Å². The number of nitrogens with zero attached hydrogens (tertiary/aromatic N) is 1. The lowest BCUT2D eigenvalue weighted by molar-refractivity contribution is 0.339. The maximum Gasteiger partial charge on any atom is 0.109 e. The summed E-state index contributed by atoms with van der Waals surface area (Å²) in [6, 6.07) is 0.403. The highest BCUT2D eigenvalue weighted by molar-refractivity contribution is 5.17. The van der Waals surface area contributed by atoms with E-state index in [-0.39, 0.29) is 0 Å². The Hall–Kier alpha value is -0.830. The Bertz CT molecular complexity index is 297. The molecule has 3 N–H and O–H groups in total. The Morgan fingerprint density at radius 1 is 1.54 bits per heavy atom. The molecule has 1 aliphatic rings. The normalized spacial score (nSPS) is 27.3. The van der Waals surface area contributed by atoms with Crippen molar-refractivity contribution in [1.82, 2.24) is 9.97 Å². The average molecular weight is 179 g/mol. The Kier molecular flexibility index (Phi) is 2.12. The lowest BCUT2D eigenvalue weighted by Gasteiger charge is -2.30. The van der Waals surface area contributed by atoms with Gasteiger partial charge in [0.1, 0.15) is 5.82 Å². The van der Waals surface area contributed by atoms with Crippen molar-refractivity contribution in [3.05, 3.63) is 17.2 Å². The van der Waals surface area contributed by atoms with Gasteiger partial charge >= 0.3 is 0 Å². The van der Waals surface area contributed by atoms with E-state index < -0.39 is 0 Å². The number of H-pyrrole nitrogens is 1. The molecule has 0 spiro atoms. The van der Waals surface area contributed by atoms with E-state index in [1.54, 1.807) is 0 Å². The van der Waals surface area contributed by atoms with Crippen LogP contribution in [0.4, 0.5) is 0 Å². The van der Waals surface area contributed by atoms with Crippen LogP contribution in [0.15, 0.2) is 0 Å². The summed E-state index contributed by atoms with van der Waals surface area (Å²) >= 11 is 0. The summed E-state index contributed by atoms with van der Waals surface area (Å²) in [6.07, 6.45) is 3.20. The van der Waals surface area contributed by atoms with Crippen molar-refractivity contribution < 1.29 is 0 Å². The molecule has 13 heavy (non-hydrogen) atoms. The van der Waals surface area contributed by atoms with E-state index in [0.29, 0.717) is 12.0 Å². The zero-order valence-corrected chi connectivity index (χ0v) is 8.30. The van der Waals surface area contributed by atoms with Gasteiger partial charge in [0.2, 0.25) is 0 Å². The van der Waals surface area contributed by atoms with Crippen LogP contribution in [-0.2, 0) is 6.42 Å². The monoisotopic (exact) mass is 179 g/mol. The third-order valence-corrected chi connectivity index (χ3v) is 2.90. The third kappa shape index (κ3) is 1.48. The average Bonchev–Trinajstić information content (AvgIpc) is 2.41. The number of imidazole rings is 1. The van der Waals surface area contributed by atoms with Crippen LogP contribution in [0.2, 0.25) is 0 Å². The summed E-state index contributed by atoms with van der Waals surface area (Å²) in [7, 11) is 0. The van der Waals surface area contributed by atoms with Crippen LogP contribution in [0, 0.1) is 6.92 Å². The molecule has 1 saturated carbocycles. The van der Waals surface area contributed by atoms with Crippen molar-refractivity contribution in [3.8, 4) is 0 Å². The number of rotatable bonds is 2. The molecule has 0 radical (unpaired) electrons. The highest BCUT2D eigenvalue weighted by atomic mass is 14.9. The summed E-state index contributed by atoms with van der Waals surface area (Å²) in [5.74, 6) is 1.74. The molecule has 1 fully saturated rings. The van der Waals surface area contributed by atoms with Gasteiger partial charge in [-0.1, -0.05) is 6.92 Å². The Balaban J connectivity index is 2.13. The van der Waals surface area contributed by atoms with Crippen LogP contribution in [0.3, 0.4) is 0 Å². The molecule has 0 aliphatic heterocycles. The van der Waals surface area contributed by atoms with E-state index in [1.165, 1.54) is 11.4 Å². The molecule has 1 aromatic rings. The molecule has 2 rings (SSSR count). The van der Waals surface area contributed by atoms with Gasteiger partial charge in [-0.3, -0.25) is 0 Å². The second kappa shape index (κ2) is 3.14. The topological polar surface area (TPSA) is 54.7 Å². The first-order chi connectivity index (χ1) is 6.20. The summed E-state index contributed by atoms with van der Waals surface area (Å²) in [5.41, 5.74) is 8.17. The molecule has 0 bridgehead atoms. The van der Waals surface area contributed by atoms with Crippen molar-refractivity contribution in [2.45, 2.75) is 45.1 Å². The molecule has 0 atom stereocenters. The fourth-order valence-corrected chi connectivity index (χ4v) is 1.94. The molecule has 0 amide bonds. The van der Waals surface area contributed by atoms with Gasteiger partial charge in [0.15, 0.2) is 0 Å². The van der Waals surface area contributed by atoms with E-state index in [9.17, 15) is 0 Å². The quantitative estimate of drug-likeness (QED) is 0.722. The molecule has 3 heteroatoms. The number of hydrogen-bond acceptors (Lipinski definition) is 2. The van der Waals surface area contributed by atoms with Gasteiger partial charge < -0.3 is 10.7 Å². The van der Waals surface area contributed by atoms with Gasteiger partial charge in [-0.15, -0.1) is 0 Å². The first-order valence-electron chi connectivity index (χ1n) is 5.01. The van der Waals surface area contributed by atoms with Crippen LogP contribution in [0.25, 0.3) is 0 Å². The van der Waals surface area contributed by atoms with Gasteiger partial charge in [-0.25, -0.2) is 4.98 Å². The largest absolute Gasteiger partial charge is 0.346 e. The smallest absolute Gasteiger partial charge is 0.109 e. The fourth-order valence-electron chi connectivity index (χ4n) is 1.94. The SMILES string of the molecule is CCc1nc(C2CC(N)C2)[nH]c1C. The third-order valence-electron chi connectivity index (χ3n) is 2.90. The summed E-state index contributed by atoms with van der Waals surface area (Å²) in [5, 5.41) is 0. The molecule has 0 aromatic carbocycles. The maximum absolute atomic E-state index is 5.74. The first kappa shape index (κ1) is 8.75. The van der Waals surface area contributed by atoms with Crippen molar-refractivity contribution in [2.24, 2.45) is 5.73 Å². The van der Waals surface area contributed by atoms with E-state index in [0.717, 1.165) is 25.1 Å². The Morgan fingerprint density at radius 3 is 2.69 bits per heavy atom. The molecule has 0 saturated heterocycles. The molecular formula is C10H17N3. The molecule has 1 aliphatic carbocycles. The van der Waals surface area contributed by atoms with Crippen LogP contribution in [0.5, 0.6) is 0 Å². The highest BCUT2D eigenvalue weighted by Gasteiger charge is 2.29. The van der Waals surface area contributed by atoms with Crippen molar-refractivity contribution in [2.75, 3.05) is 0 Å². The lowest BCUT2D eigenvalue weighted by Crippen LogP contribution is -2.35. The highest BCUT2D eigenvalue weighted by Crippen LogP contribution is 2.34. The molecule has 1 aromatic heterocycles. The minimum Gasteiger partial charge on any atom is -0.346 e. The van der Waals surface area contributed by atoms with Crippen molar-refractivity contribution in [1.29, 1.82) is 0 Å². The van der Waals surface area contributed by atoms with Crippen LogP contribution in [-0.4, -0.2) is 16.0 Å². The standard InChI is InChI=1S/C10H17N3/c1-3-9-6(2)12-10(13-9)7-4-8(11)5-7/h7-8H,3-5,11H2,1-2H3,(H,12,13). The number of hydrogen-bond donors (Lipinski definition) is 2. The van der Waals surface area contributed by atoms with Gasteiger partial charge in [-0.2, -0.15) is 0 Å². The minimum absolute atomic E-state index is 0.403. The predicted octanol–water partition coefficient (Wildman–Crippen LogP) is 1.49. The van der Waals surface area contributed by atoms with E-state index in [1.807, 2.05) is 0 Å². The van der Waals surface area contributed by atoms with Gasteiger partial charge in [0.25, 0.3) is 0 Å². The minimum atomic E-state index is 0.403. The van der Waals surface area contributed by atoms with Gasteiger partial charge in [0, 0.05) is 17.7 Å². The second-order valence-electron chi connectivity index (χ2n) is 3.98. The number of aryl methyl sites for hydroxylation is 2. The number of nitrogens with one attached hydrogen (secondary N) is 1. The van der Waals surface area contributed by atoms with E-state index in [2.05, 4.69) is 23.8 Å². The van der Waals surface area contributed by atoms with Crippen molar-refractivity contribution in [3.63, 3.8) is 0 Å². The Labute approximate surface area is 78.7 Å². The maximum atomic E-state index is 5.74. The van der Waals surface area contributed by atoms with E-state index in [4.69, 9.17) is 5.73 Å². The summed E-state index contributed by atoms with van der Waals surface area (Å²) in [4.78, 5) is 7.92. The molecular weight excluding hydrogens is 162 g/mol. The number of nitrogens with two attached hydrogens (primary N) is 1. The second-order valence-corrected chi connectivity index (χ2v) is 3.98. The fraction of sp³-hybridized carbons (Fsp3) is 0.700. The molecule has 0 unspecified atom stereocenters. The van der Waals surface area contributed by atoms with Gasteiger partial charge in [0.05, 0.1) is 5.69 Å². The zero-order valence-electron chi connectivity index (χ0n) is 8.30. The summed E-state index contributed by atoms with van der Waals surface area (Å²) < 4.78 is 0. The first-order valence-corrected chi connectivity index (χ1v) is 5.01. The van der Waals surface area contributed by atoms with E-state index >= 15 is 0 Å². The predicted molar refractivity (Wildman–Crippen MR) is 52.7 cm³/mol. The molecule has 72 valence electrons. The number of aromatic nitrogens is 2. The molecule has 1 heterocycles. The summed E-state index contributed by atoms with van der Waals surface area (Å²) in [6.45, 7) is 4.23. The zero-order chi connectivity index (χ0) is 9.42. The lowest BCUT2D eigenvalue weighted by atomic mass is 9.80. The van der Waals surface area contributed by atoms with Crippen LogP contribution in [0.1, 0.15) is 42.9 Å². The number of aromatic amines is 1. The Morgan fingerprint density at radius 2 is 2.23 bits per heavy atom. The van der Waals surface area contributed by atoms with Crippen LogP contribution >= 0.6 is 0 Å².